The minimum Gasteiger partial charge on any atom is -0.480 e. The monoisotopic (exact) mass is 227 g/mol. The maximum absolute atomic E-state index is 11.2. The van der Waals surface area contributed by atoms with E-state index in [1.165, 1.54) is 6.42 Å². The summed E-state index contributed by atoms with van der Waals surface area (Å²) in [6.07, 6.45) is 7.19. The van der Waals surface area contributed by atoms with Crippen LogP contribution in [0.4, 0.5) is 0 Å². The number of carboxylic acids is 1. The maximum Gasteiger partial charge on any atom is 0.321 e. The van der Waals surface area contributed by atoms with Crippen molar-refractivity contribution < 1.29 is 15.0 Å². The average Bonchev–Trinajstić information content (AvgIpc) is 3.11. The molecule has 0 bridgehead atoms. The molecule has 0 saturated heterocycles. The Morgan fingerprint density at radius 1 is 1.31 bits per heavy atom. The van der Waals surface area contributed by atoms with Crippen LogP contribution >= 0.6 is 0 Å². The van der Waals surface area contributed by atoms with Gasteiger partial charge < -0.3 is 10.2 Å². The normalized spacial score (nSPS) is 26.3. The van der Waals surface area contributed by atoms with Crippen molar-refractivity contribution in [2.45, 2.75) is 56.5 Å². The highest BCUT2D eigenvalue weighted by molar-refractivity contribution is 5.74. The lowest BCUT2D eigenvalue weighted by atomic mass is 9.81. The van der Waals surface area contributed by atoms with E-state index in [-0.39, 0.29) is 18.1 Å². The quantitative estimate of drug-likeness (QED) is 0.658. The summed E-state index contributed by atoms with van der Waals surface area (Å²) in [6.45, 7) is 0.0590. The van der Waals surface area contributed by atoms with Crippen LogP contribution < -0.4 is 5.32 Å². The minimum absolute atomic E-state index is 0.0590. The summed E-state index contributed by atoms with van der Waals surface area (Å²) in [5.74, 6) is -0.483. The van der Waals surface area contributed by atoms with E-state index >= 15 is 0 Å². The van der Waals surface area contributed by atoms with Crippen molar-refractivity contribution in [1.82, 2.24) is 5.32 Å². The Morgan fingerprint density at radius 3 is 2.38 bits per heavy atom. The standard InChI is InChI=1S/C12H21NO3/c14-8-12(6-2-1-3-7-12)13-10(11(15)16)9-4-5-9/h9-10,13-14H,1-8H2,(H,15,16). The third-order valence-corrected chi connectivity index (χ3v) is 3.93. The largest absolute Gasteiger partial charge is 0.480 e. The van der Waals surface area contributed by atoms with Crippen molar-refractivity contribution >= 4 is 5.97 Å². The zero-order valence-electron chi connectivity index (χ0n) is 9.61. The number of carbonyl (C=O) groups is 1. The molecular weight excluding hydrogens is 206 g/mol. The summed E-state index contributed by atoms with van der Waals surface area (Å²) < 4.78 is 0. The molecular formula is C12H21NO3. The summed E-state index contributed by atoms with van der Waals surface area (Å²) in [6, 6.07) is -0.453. The third-order valence-electron chi connectivity index (χ3n) is 3.93. The lowest BCUT2D eigenvalue weighted by molar-refractivity contribution is -0.141. The molecule has 2 aliphatic rings. The number of aliphatic hydroxyl groups excluding tert-OH is 1. The van der Waals surface area contributed by atoms with Crippen LogP contribution in [0.2, 0.25) is 0 Å². The van der Waals surface area contributed by atoms with Crippen LogP contribution in [-0.4, -0.2) is 34.4 Å². The van der Waals surface area contributed by atoms with Crippen LogP contribution in [0.1, 0.15) is 44.9 Å². The Bertz CT molecular complexity index is 257. The molecule has 2 aliphatic carbocycles. The second kappa shape index (κ2) is 4.72. The molecule has 0 radical (unpaired) electrons. The summed E-state index contributed by atoms with van der Waals surface area (Å²) in [5, 5.41) is 21.9. The van der Waals surface area contributed by atoms with Crippen LogP contribution in [-0.2, 0) is 4.79 Å². The van der Waals surface area contributed by atoms with Gasteiger partial charge in [0.25, 0.3) is 0 Å². The Balaban J connectivity index is 2.00. The van der Waals surface area contributed by atoms with Gasteiger partial charge in [0.1, 0.15) is 6.04 Å². The highest BCUT2D eigenvalue weighted by Gasteiger charge is 2.42. The molecule has 1 atom stereocenters. The molecule has 1 unspecified atom stereocenters. The van der Waals surface area contributed by atoms with Crippen LogP contribution in [0.25, 0.3) is 0 Å². The molecule has 2 fully saturated rings. The van der Waals surface area contributed by atoms with Crippen molar-refractivity contribution in [3.8, 4) is 0 Å². The summed E-state index contributed by atoms with van der Waals surface area (Å²) >= 11 is 0. The van der Waals surface area contributed by atoms with Crippen molar-refractivity contribution in [3.05, 3.63) is 0 Å². The molecule has 92 valence electrons. The maximum atomic E-state index is 11.2. The van der Waals surface area contributed by atoms with Crippen molar-refractivity contribution in [3.63, 3.8) is 0 Å². The molecule has 3 N–H and O–H groups in total. The number of carboxylic acid groups (broad SMARTS) is 1. The van der Waals surface area contributed by atoms with Gasteiger partial charge in [-0.05, 0) is 31.6 Å². The molecule has 2 saturated carbocycles. The van der Waals surface area contributed by atoms with E-state index < -0.39 is 12.0 Å². The number of rotatable bonds is 5. The molecule has 0 heterocycles. The number of hydrogen-bond acceptors (Lipinski definition) is 3. The molecule has 16 heavy (non-hydrogen) atoms. The Hall–Kier alpha value is -0.610. The lowest BCUT2D eigenvalue weighted by Crippen LogP contribution is -2.57. The number of aliphatic carboxylic acids is 1. The summed E-state index contributed by atoms with van der Waals surface area (Å²) in [7, 11) is 0. The van der Waals surface area contributed by atoms with Gasteiger partial charge in [-0.25, -0.2) is 0 Å². The fraction of sp³-hybridized carbons (Fsp3) is 0.917. The van der Waals surface area contributed by atoms with E-state index in [2.05, 4.69) is 5.32 Å². The second-order valence-corrected chi connectivity index (χ2v) is 5.30. The topological polar surface area (TPSA) is 69.6 Å². The zero-order valence-corrected chi connectivity index (χ0v) is 9.61. The van der Waals surface area contributed by atoms with E-state index in [0.29, 0.717) is 0 Å². The van der Waals surface area contributed by atoms with Crippen molar-refractivity contribution in [2.75, 3.05) is 6.61 Å². The van der Waals surface area contributed by atoms with Crippen molar-refractivity contribution in [2.24, 2.45) is 5.92 Å². The highest BCUT2D eigenvalue weighted by atomic mass is 16.4. The van der Waals surface area contributed by atoms with Gasteiger partial charge in [-0.2, -0.15) is 0 Å². The fourth-order valence-electron chi connectivity index (χ4n) is 2.72. The van der Waals surface area contributed by atoms with Crippen LogP contribution in [0.5, 0.6) is 0 Å². The molecule has 0 spiro atoms. The van der Waals surface area contributed by atoms with Gasteiger partial charge in [0.15, 0.2) is 0 Å². The zero-order chi connectivity index (χ0) is 11.6. The van der Waals surface area contributed by atoms with Gasteiger partial charge >= 0.3 is 5.97 Å². The molecule has 0 amide bonds. The Labute approximate surface area is 96.0 Å². The van der Waals surface area contributed by atoms with Crippen LogP contribution in [0.3, 0.4) is 0 Å². The fourth-order valence-corrected chi connectivity index (χ4v) is 2.72. The number of hydrogen-bond donors (Lipinski definition) is 3. The molecule has 0 aliphatic heterocycles. The van der Waals surface area contributed by atoms with Crippen molar-refractivity contribution in [1.29, 1.82) is 0 Å². The smallest absolute Gasteiger partial charge is 0.321 e. The first-order valence-corrected chi connectivity index (χ1v) is 6.28. The van der Waals surface area contributed by atoms with E-state index in [1.807, 2.05) is 0 Å². The van der Waals surface area contributed by atoms with Crippen LogP contribution in [0.15, 0.2) is 0 Å². The lowest BCUT2D eigenvalue weighted by Gasteiger charge is -2.39. The molecule has 0 aromatic rings. The summed E-state index contributed by atoms with van der Waals surface area (Å²) in [5.41, 5.74) is -0.329. The molecule has 4 nitrogen and oxygen atoms in total. The third kappa shape index (κ3) is 2.55. The first kappa shape index (κ1) is 11.9. The minimum atomic E-state index is -0.763. The highest BCUT2D eigenvalue weighted by Crippen LogP contribution is 2.36. The number of nitrogens with one attached hydrogen (secondary N) is 1. The van der Waals surface area contributed by atoms with E-state index in [0.717, 1.165) is 38.5 Å². The first-order valence-electron chi connectivity index (χ1n) is 6.28. The average molecular weight is 227 g/mol. The Morgan fingerprint density at radius 2 is 1.94 bits per heavy atom. The molecule has 4 heteroatoms. The van der Waals surface area contributed by atoms with E-state index in [4.69, 9.17) is 0 Å². The van der Waals surface area contributed by atoms with Gasteiger partial charge in [0, 0.05) is 5.54 Å². The first-order chi connectivity index (χ1) is 7.67. The molecule has 0 aromatic heterocycles. The second-order valence-electron chi connectivity index (χ2n) is 5.30. The summed E-state index contributed by atoms with van der Waals surface area (Å²) in [4.78, 5) is 11.2. The Kier molecular flexibility index (Phi) is 3.50. The van der Waals surface area contributed by atoms with Crippen LogP contribution in [0, 0.1) is 5.92 Å². The van der Waals surface area contributed by atoms with Gasteiger partial charge in [-0.3, -0.25) is 10.1 Å². The van der Waals surface area contributed by atoms with Gasteiger partial charge in [0.2, 0.25) is 0 Å². The predicted molar refractivity (Wildman–Crippen MR) is 60.2 cm³/mol. The van der Waals surface area contributed by atoms with Gasteiger partial charge in [-0.15, -0.1) is 0 Å². The predicted octanol–water partition coefficient (Wildman–Crippen LogP) is 1.13. The SMILES string of the molecule is O=C(O)C(NC1(CO)CCCCC1)C1CC1. The van der Waals surface area contributed by atoms with E-state index in [9.17, 15) is 15.0 Å². The van der Waals surface area contributed by atoms with E-state index in [1.54, 1.807) is 0 Å². The molecule has 0 aromatic carbocycles. The van der Waals surface area contributed by atoms with Gasteiger partial charge in [-0.1, -0.05) is 19.3 Å². The number of aliphatic hydroxyl groups is 1. The molecule has 2 rings (SSSR count). The van der Waals surface area contributed by atoms with Gasteiger partial charge in [0.05, 0.1) is 6.61 Å².